The molecule has 110 valence electrons. The van der Waals surface area contributed by atoms with Gasteiger partial charge in [-0.25, -0.2) is 0 Å². The summed E-state index contributed by atoms with van der Waals surface area (Å²) in [5.41, 5.74) is 12.9. The van der Waals surface area contributed by atoms with E-state index in [4.69, 9.17) is 16.2 Å². The molecule has 2 rings (SSSR count). The third-order valence-electron chi connectivity index (χ3n) is 4.05. The molecule has 0 aromatic heterocycles. The van der Waals surface area contributed by atoms with Crippen molar-refractivity contribution in [2.45, 2.75) is 31.5 Å². The van der Waals surface area contributed by atoms with E-state index in [9.17, 15) is 4.79 Å². The highest BCUT2D eigenvalue weighted by Gasteiger charge is 2.28. The van der Waals surface area contributed by atoms with Crippen LogP contribution in [-0.2, 0) is 11.3 Å². The molecular weight excluding hydrogens is 254 g/mol. The second-order valence-corrected chi connectivity index (χ2v) is 5.26. The van der Waals surface area contributed by atoms with Crippen LogP contribution in [0.1, 0.15) is 28.8 Å². The Labute approximate surface area is 119 Å². The quantitative estimate of drug-likeness (QED) is 0.831. The summed E-state index contributed by atoms with van der Waals surface area (Å²) in [6, 6.07) is 7.78. The minimum absolute atomic E-state index is 0.284. The molecule has 1 heterocycles. The zero-order valence-corrected chi connectivity index (χ0v) is 11.9. The molecular formula is C15H23N3O2. The first-order valence-corrected chi connectivity index (χ1v) is 7.00. The highest BCUT2D eigenvalue weighted by Crippen LogP contribution is 2.22. The van der Waals surface area contributed by atoms with Gasteiger partial charge < -0.3 is 16.2 Å². The van der Waals surface area contributed by atoms with Gasteiger partial charge >= 0.3 is 0 Å². The van der Waals surface area contributed by atoms with E-state index in [1.54, 1.807) is 13.2 Å². The van der Waals surface area contributed by atoms with E-state index in [1.807, 2.05) is 18.2 Å². The molecule has 2 atom stereocenters. The summed E-state index contributed by atoms with van der Waals surface area (Å²) in [5, 5.41) is 0. The Hall–Kier alpha value is -1.43. The van der Waals surface area contributed by atoms with Gasteiger partial charge in [0.05, 0.1) is 6.10 Å². The van der Waals surface area contributed by atoms with E-state index in [1.165, 1.54) is 0 Å². The Morgan fingerprint density at radius 2 is 2.20 bits per heavy atom. The fraction of sp³-hybridized carbons (Fsp3) is 0.533. The van der Waals surface area contributed by atoms with Crippen molar-refractivity contribution in [2.75, 3.05) is 20.2 Å². The number of methoxy groups -OCH3 is 1. The average Bonchev–Trinajstić information content (AvgIpc) is 2.48. The molecule has 1 aliphatic rings. The number of rotatable bonds is 5. The van der Waals surface area contributed by atoms with E-state index < -0.39 is 0 Å². The number of carbonyl (C=O) groups is 1. The minimum atomic E-state index is -0.378. The Balaban J connectivity index is 2.11. The van der Waals surface area contributed by atoms with Gasteiger partial charge in [0.2, 0.25) is 5.91 Å². The summed E-state index contributed by atoms with van der Waals surface area (Å²) in [5.74, 6) is -0.378. The Bertz CT molecular complexity index is 464. The standard InChI is InChI=1S/C15H23N3O2/c1-20-13-6-7-18(12(8-13)9-16)10-11-4-2-3-5-14(11)15(17)19/h2-5,12-13H,6-10,16H2,1H3,(H2,17,19). The van der Waals surface area contributed by atoms with Crippen LogP contribution in [0.5, 0.6) is 0 Å². The SMILES string of the molecule is COC1CCN(Cc2ccccc2C(N)=O)C(CN)C1. The van der Waals surface area contributed by atoms with Crippen LogP contribution in [0.4, 0.5) is 0 Å². The molecule has 20 heavy (non-hydrogen) atoms. The maximum atomic E-state index is 11.5. The van der Waals surface area contributed by atoms with Crippen molar-refractivity contribution in [3.8, 4) is 0 Å². The first-order valence-electron chi connectivity index (χ1n) is 7.00. The van der Waals surface area contributed by atoms with Crippen molar-refractivity contribution in [2.24, 2.45) is 11.5 Å². The van der Waals surface area contributed by atoms with E-state index in [0.29, 0.717) is 18.7 Å². The van der Waals surface area contributed by atoms with Crippen molar-refractivity contribution in [1.82, 2.24) is 4.90 Å². The lowest BCUT2D eigenvalue weighted by Gasteiger charge is -2.38. The molecule has 0 radical (unpaired) electrons. The van der Waals surface area contributed by atoms with Crippen molar-refractivity contribution in [1.29, 1.82) is 0 Å². The van der Waals surface area contributed by atoms with Gasteiger partial charge in [0, 0.05) is 38.3 Å². The molecule has 1 saturated heterocycles. The lowest BCUT2D eigenvalue weighted by molar-refractivity contribution is 0.0101. The summed E-state index contributed by atoms with van der Waals surface area (Å²) in [6.45, 7) is 2.23. The lowest BCUT2D eigenvalue weighted by atomic mass is 9.97. The zero-order valence-electron chi connectivity index (χ0n) is 11.9. The van der Waals surface area contributed by atoms with Crippen molar-refractivity contribution >= 4 is 5.91 Å². The summed E-state index contributed by atoms with van der Waals surface area (Å²) >= 11 is 0. The number of carbonyl (C=O) groups excluding carboxylic acids is 1. The van der Waals surface area contributed by atoms with Crippen LogP contribution in [0.25, 0.3) is 0 Å². The number of likely N-dealkylation sites (tertiary alicyclic amines) is 1. The third kappa shape index (κ3) is 3.36. The number of nitrogens with two attached hydrogens (primary N) is 2. The first-order chi connectivity index (χ1) is 9.65. The van der Waals surface area contributed by atoms with Crippen LogP contribution >= 0.6 is 0 Å². The molecule has 2 unspecified atom stereocenters. The number of ether oxygens (including phenoxy) is 1. The number of piperidine rings is 1. The fourth-order valence-electron chi connectivity index (χ4n) is 2.85. The molecule has 1 aromatic rings. The smallest absolute Gasteiger partial charge is 0.249 e. The van der Waals surface area contributed by atoms with E-state index in [2.05, 4.69) is 4.90 Å². The molecule has 0 saturated carbocycles. The van der Waals surface area contributed by atoms with Crippen LogP contribution in [0.3, 0.4) is 0 Å². The zero-order chi connectivity index (χ0) is 14.5. The van der Waals surface area contributed by atoms with Crippen LogP contribution < -0.4 is 11.5 Å². The van der Waals surface area contributed by atoms with Crippen LogP contribution in [0.15, 0.2) is 24.3 Å². The molecule has 1 amide bonds. The predicted molar refractivity (Wildman–Crippen MR) is 78.2 cm³/mol. The summed E-state index contributed by atoms with van der Waals surface area (Å²) < 4.78 is 5.43. The predicted octanol–water partition coefficient (Wildman–Crippen LogP) is 0.724. The molecule has 5 heteroatoms. The van der Waals surface area contributed by atoms with Gasteiger partial charge in [-0.1, -0.05) is 18.2 Å². The number of nitrogens with zero attached hydrogens (tertiary/aromatic N) is 1. The normalized spacial score (nSPS) is 23.7. The highest BCUT2D eigenvalue weighted by atomic mass is 16.5. The van der Waals surface area contributed by atoms with Gasteiger partial charge in [-0.05, 0) is 24.5 Å². The average molecular weight is 277 g/mol. The summed E-state index contributed by atoms with van der Waals surface area (Å²) in [4.78, 5) is 13.8. The van der Waals surface area contributed by atoms with E-state index in [-0.39, 0.29) is 18.1 Å². The molecule has 0 bridgehead atoms. The number of primary amides is 1. The second-order valence-electron chi connectivity index (χ2n) is 5.26. The summed E-state index contributed by atoms with van der Waals surface area (Å²) in [6.07, 6.45) is 2.21. The molecule has 1 aliphatic heterocycles. The fourth-order valence-corrected chi connectivity index (χ4v) is 2.85. The second kappa shape index (κ2) is 6.83. The molecule has 1 aromatic carbocycles. The molecule has 0 aliphatic carbocycles. The number of amides is 1. The number of hydrogen-bond donors (Lipinski definition) is 2. The number of benzene rings is 1. The van der Waals surface area contributed by atoms with Gasteiger partial charge in [0.15, 0.2) is 0 Å². The summed E-state index contributed by atoms with van der Waals surface area (Å²) in [7, 11) is 1.75. The van der Waals surface area contributed by atoms with E-state index in [0.717, 1.165) is 24.9 Å². The lowest BCUT2D eigenvalue weighted by Crippen LogP contribution is -2.48. The van der Waals surface area contributed by atoms with Gasteiger partial charge in [0.25, 0.3) is 0 Å². The topological polar surface area (TPSA) is 81.6 Å². The third-order valence-corrected chi connectivity index (χ3v) is 4.05. The highest BCUT2D eigenvalue weighted by molar-refractivity contribution is 5.94. The molecule has 4 N–H and O–H groups in total. The minimum Gasteiger partial charge on any atom is -0.381 e. The molecule has 5 nitrogen and oxygen atoms in total. The van der Waals surface area contributed by atoms with Gasteiger partial charge in [-0.2, -0.15) is 0 Å². The Kier molecular flexibility index (Phi) is 5.11. The van der Waals surface area contributed by atoms with Gasteiger partial charge in [-0.3, -0.25) is 9.69 Å². The maximum absolute atomic E-state index is 11.5. The number of hydrogen-bond acceptors (Lipinski definition) is 4. The van der Waals surface area contributed by atoms with Crippen LogP contribution in [0.2, 0.25) is 0 Å². The van der Waals surface area contributed by atoms with Gasteiger partial charge in [-0.15, -0.1) is 0 Å². The Morgan fingerprint density at radius 3 is 2.85 bits per heavy atom. The van der Waals surface area contributed by atoms with Crippen LogP contribution in [-0.4, -0.2) is 43.2 Å². The largest absolute Gasteiger partial charge is 0.381 e. The molecule has 0 spiro atoms. The van der Waals surface area contributed by atoms with Gasteiger partial charge in [0.1, 0.15) is 0 Å². The Morgan fingerprint density at radius 1 is 1.45 bits per heavy atom. The van der Waals surface area contributed by atoms with Crippen molar-refractivity contribution in [3.63, 3.8) is 0 Å². The van der Waals surface area contributed by atoms with E-state index >= 15 is 0 Å². The van der Waals surface area contributed by atoms with Crippen LogP contribution in [0, 0.1) is 0 Å². The first kappa shape index (κ1) is 15.0. The molecule has 1 fully saturated rings. The maximum Gasteiger partial charge on any atom is 0.249 e. The monoisotopic (exact) mass is 277 g/mol. The van der Waals surface area contributed by atoms with Crippen molar-refractivity contribution in [3.05, 3.63) is 35.4 Å². The van der Waals surface area contributed by atoms with Crippen molar-refractivity contribution < 1.29 is 9.53 Å².